The fraction of sp³-hybridized carbons (Fsp3) is 0.786. The number of carbonyl (C=O) groups excluding carboxylic acids is 1. The average Bonchev–Trinajstić information content (AvgIpc) is 2.79. The van der Waals surface area contributed by atoms with Crippen LogP contribution in [0.3, 0.4) is 0 Å². The van der Waals surface area contributed by atoms with E-state index in [0.717, 1.165) is 23.6 Å². The first-order valence-electron chi connectivity index (χ1n) is 7.52. The van der Waals surface area contributed by atoms with Gasteiger partial charge in [0, 0.05) is 12.5 Å². The molecule has 1 aromatic rings. The normalized spacial score (nSPS) is 38.2. The van der Waals surface area contributed by atoms with Crippen LogP contribution in [-0.4, -0.2) is 20.7 Å². The Morgan fingerprint density at radius 2 is 1.75 bits per heavy atom. The molecule has 3 N–H and O–H groups in total. The molecule has 1 amide bonds. The quantitative estimate of drug-likeness (QED) is 0.477. The van der Waals surface area contributed by atoms with Crippen LogP contribution in [0.25, 0.3) is 0 Å². The number of aromatic nitrogens is 3. The maximum Gasteiger partial charge on any atom is 0.303 e. The van der Waals surface area contributed by atoms with Crippen LogP contribution in [0, 0.1) is 17.8 Å². The van der Waals surface area contributed by atoms with Gasteiger partial charge in [-0.3, -0.25) is 10.2 Å². The minimum Gasteiger partial charge on any atom is -0.309 e. The number of hydrogen-bond donors (Lipinski definition) is 2. The lowest BCUT2D eigenvalue weighted by atomic mass is 9.49. The molecule has 0 atom stereocenters. The molecule has 6 heteroatoms. The van der Waals surface area contributed by atoms with Crippen LogP contribution in [-0.2, 0) is 12.5 Å². The molecule has 4 aliphatic rings. The molecular formula is C14H21N5O. The molecular weight excluding hydrogens is 254 g/mol. The van der Waals surface area contributed by atoms with Crippen molar-refractivity contribution in [3.63, 3.8) is 0 Å². The Balaban J connectivity index is 1.74. The van der Waals surface area contributed by atoms with Crippen molar-refractivity contribution in [3.05, 3.63) is 11.6 Å². The first-order chi connectivity index (χ1) is 9.61. The number of amides is 1. The molecule has 0 unspecified atom stereocenters. The van der Waals surface area contributed by atoms with Gasteiger partial charge in [-0.1, -0.05) is 0 Å². The largest absolute Gasteiger partial charge is 0.309 e. The molecule has 4 saturated carbocycles. The lowest BCUT2D eigenvalue weighted by molar-refractivity contribution is -0.0108. The summed E-state index contributed by atoms with van der Waals surface area (Å²) in [4.78, 5) is 11.7. The lowest BCUT2D eigenvalue weighted by Crippen LogP contribution is -2.49. The fourth-order valence-corrected chi connectivity index (χ4v) is 5.44. The van der Waals surface area contributed by atoms with Crippen LogP contribution in [0.1, 0.15) is 55.0 Å². The van der Waals surface area contributed by atoms with Crippen LogP contribution >= 0.6 is 0 Å². The Hall–Kier alpha value is -1.43. The lowest BCUT2D eigenvalue weighted by Gasteiger charge is -2.56. The number of carbonyl (C=O) groups is 1. The summed E-state index contributed by atoms with van der Waals surface area (Å²) >= 11 is 0. The van der Waals surface area contributed by atoms with Gasteiger partial charge in [-0.15, -0.1) is 10.2 Å². The van der Waals surface area contributed by atoms with Crippen LogP contribution in [0.4, 0.5) is 0 Å². The Kier molecular flexibility index (Phi) is 2.49. The molecule has 4 aliphatic carbocycles. The maximum absolute atomic E-state index is 11.7. The Bertz CT molecular complexity index is 529. The van der Waals surface area contributed by atoms with Crippen molar-refractivity contribution in [1.29, 1.82) is 0 Å². The van der Waals surface area contributed by atoms with Gasteiger partial charge >= 0.3 is 5.91 Å². The molecule has 6 nitrogen and oxygen atoms in total. The van der Waals surface area contributed by atoms with E-state index in [9.17, 15) is 4.79 Å². The average molecular weight is 275 g/mol. The van der Waals surface area contributed by atoms with Crippen molar-refractivity contribution in [1.82, 2.24) is 20.2 Å². The standard InChI is InChI=1S/C14H21N5O/c1-19-11(12(20)16-15)17-18-13(19)14-5-8-2-9(6-14)4-10(3-8)7-14/h8-10H,2-7,15H2,1H3,(H,16,20). The van der Waals surface area contributed by atoms with Gasteiger partial charge in [0.15, 0.2) is 0 Å². The highest BCUT2D eigenvalue weighted by molar-refractivity contribution is 5.90. The Morgan fingerprint density at radius 1 is 1.20 bits per heavy atom. The third-order valence-electron chi connectivity index (χ3n) is 5.72. The van der Waals surface area contributed by atoms with Crippen molar-refractivity contribution < 1.29 is 4.79 Å². The van der Waals surface area contributed by atoms with E-state index in [1.807, 2.05) is 11.6 Å². The Labute approximate surface area is 118 Å². The van der Waals surface area contributed by atoms with Crippen molar-refractivity contribution >= 4 is 5.91 Å². The van der Waals surface area contributed by atoms with Gasteiger partial charge < -0.3 is 4.57 Å². The van der Waals surface area contributed by atoms with E-state index >= 15 is 0 Å². The number of nitrogen functional groups attached to an aromatic ring is 1. The highest BCUT2D eigenvalue weighted by Gasteiger charge is 2.53. The molecule has 1 aromatic heterocycles. The predicted molar refractivity (Wildman–Crippen MR) is 72.5 cm³/mol. The van der Waals surface area contributed by atoms with E-state index in [1.165, 1.54) is 38.5 Å². The van der Waals surface area contributed by atoms with Gasteiger partial charge in [0.25, 0.3) is 0 Å². The monoisotopic (exact) mass is 275 g/mol. The summed E-state index contributed by atoms with van der Waals surface area (Å²) in [6.45, 7) is 0. The van der Waals surface area contributed by atoms with Crippen molar-refractivity contribution in [2.24, 2.45) is 30.6 Å². The van der Waals surface area contributed by atoms with Crippen molar-refractivity contribution in [2.45, 2.75) is 43.9 Å². The van der Waals surface area contributed by atoms with E-state index in [-0.39, 0.29) is 11.3 Å². The topological polar surface area (TPSA) is 85.8 Å². The molecule has 4 fully saturated rings. The maximum atomic E-state index is 11.7. The second-order valence-corrected chi connectivity index (χ2v) is 7.08. The molecule has 20 heavy (non-hydrogen) atoms. The van der Waals surface area contributed by atoms with Crippen LogP contribution in [0.15, 0.2) is 0 Å². The van der Waals surface area contributed by atoms with E-state index < -0.39 is 0 Å². The molecule has 1 heterocycles. The molecule has 108 valence electrons. The molecule has 4 bridgehead atoms. The molecule has 0 spiro atoms. The third kappa shape index (κ3) is 1.57. The SMILES string of the molecule is Cn1c(C(=O)NN)nnc1C12CC3CC(CC(C3)C1)C2. The molecule has 0 aliphatic heterocycles. The zero-order chi connectivity index (χ0) is 13.9. The van der Waals surface area contributed by atoms with Crippen molar-refractivity contribution in [3.8, 4) is 0 Å². The second-order valence-electron chi connectivity index (χ2n) is 7.08. The minimum absolute atomic E-state index is 0.156. The summed E-state index contributed by atoms with van der Waals surface area (Å²) in [5.41, 5.74) is 2.30. The smallest absolute Gasteiger partial charge is 0.303 e. The summed E-state index contributed by atoms with van der Waals surface area (Å²) in [6.07, 6.45) is 7.84. The first-order valence-corrected chi connectivity index (χ1v) is 7.52. The molecule has 0 saturated heterocycles. The number of hydrogen-bond acceptors (Lipinski definition) is 4. The van der Waals surface area contributed by atoms with E-state index in [0.29, 0.717) is 5.82 Å². The van der Waals surface area contributed by atoms with Gasteiger partial charge in [-0.05, 0) is 56.3 Å². The van der Waals surface area contributed by atoms with E-state index in [4.69, 9.17) is 5.84 Å². The number of hydrazine groups is 1. The van der Waals surface area contributed by atoms with E-state index in [1.54, 1.807) is 0 Å². The summed E-state index contributed by atoms with van der Waals surface area (Å²) in [5.74, 6) is 8.71. The number of nitrogens with zero attached hydrogens (tertiary/aromatic N) is 3. The zero-order valence-electron chi connectivity index (χ0n) is 11.8. The molecule has 0 radical (unpaired) electrons. The fourth-order valence-electron chi connectivity index (χ4n) is 5.44. The summed E-state index contributed by atoms with van der Waals surface area (Å²) in [7, 11) is 1.89. The minimum atomic E-state index is -0.365. The summed E-state index contributed by atoms with van der Waals surface area (Å²) in [5, 5.41) is 8.44. The number of nitrogens with two attached hydrogens (primary N) is 1. The molecule has 5 rings (SSSR count). The van der Waals surface area contributed by atoms with Crippen LogP contribution in [0.2, 0.25) is 0 Å². The van der Waals surface area contributed by atoms with Gasteiger partial charge in [0.05, 0.1) is 0 Å². The Morgan fingerprint density at radius 3 is 2.25 bits per heavy atom. The van der Waals surface area contributed by atoms with E-state index in [2.05, 4.69) is 15.6 Å². The highest BCUT2D eigenvalue weighted by atomic mass is 16.2. The van der Waals surface area contributed by atoms with Gasteiger partial charge in [-0.25, -0.2) is 5.84 Å². The van der Waals surface area contributed by atoms with Crippen LogP contribution < -0.4 is 11.3 Å². The van der Waals surface area contributed by atoms with Crippen LogP contribution in [0.5, 0.6) is 0 Å². The van der Waals surface area contributed by atoms with Crippen molar-refractivity contribution in [2.75, 3.05) is 0 Å². The predicted octanol–water partition coefficient (Wildman–Crippen LogP) is 0.886. The van der Waals surface area contributed by atoms with Gasteiger partial charge in [0.1, 0.15) is 5.82 Å². The zero-order valence-corrected chi connectivity index (χ0v) is 11.8. The first kappa shape index (κ1) is 12.3. The second kappa shape index (κ2) is 4.04. The number of nitrogens with one attached hydrogen (secondary N) is 1. The molecule has 0 aromatic carbocycles. The third-order valence-corrected chi connectivity index (χ3v) is 5.72. The van der Waals surface area contributed by atoms with Gasteiger partial charge in [-0.2, -0.15) is 0 Å². The highest BCUT2D eigenvalue weighted by Crippen LogP contribution is 2.60. The number of rotatable bonds is 2. The summed E-state index contributed by atoms with van der Waals surface area (Å²) < 4.78 is 1.86. The van der Waals surface area contributed by atoms with Gasteiger partial charge in [0.2, 0.25) is 5.82 Å². The summed E-state index contributed by atoms with van der Waals surface area (Å²) in [6, 6.07) is 0.